The van der Waals surface area contributed by atoms with Crippen LogP contribution in [0.4, 0.5) is 17.1 Å². The Morgan fingerprint density at radius 1 is 0.913 bits per heavy atom. The number of hydrogen-bond acceptors (Lipinski definition) is 7. The first-order valence-corrected chi connectivity index (χ1v) is 8.59. The highest BCUT2D eigenvalue weighted by Gasteiger charge is 2.34. The Morgan fingerprint density at radius 2 is 1.39 bits per heavy atom. The average molecular weight is 657 g/mol. The Hall–Kier alpha value is -1.18. The molecule has 0 fully saturated rings. The van der Waals surface area contributed by atoms with Gasteiger partial charge in [-0.15, -0.1) is 0 Å². The van der Waals surface area contributed by atoms with E-state index in [1.165, 1.54) is 4.57 Å². The van der Waals surface area contributed by atoms with Gasteiger partial charge in [0.1, 0.15) is 7.40 Å². The number of aromatic nitrogens is 2. The van der Waals surface area contributed by atoms with Gasteiger partial charge in [-0.2, -0.15) is 0 Å². The monoisotopic (exact) mass is 657 g/mol. The molecule has 0 radical (unpaired) electrons. The molecule has 1 aromatic heterocycles. The maximum atomic E-state index is 11.3. The summed E-state index contributed by atoms with van der Waals surface area (Å²) >= 11 is 5.50. The smallest absolute Gasteiger partial charge is 0.270 e. The van der Waals surface area contributed by atoms with Crippen molar-refractivity contribution in [3.63, 3.8) is 0 Å². The average Bonchev–Trinajstić information content (AvgIpc) is 2.70. The lowest BCUT2D eigenvalue weighted by molar-refractivity contribution is -0.402. The van der Waals surface area contributed by atoms with E-state index in [1.54, 1.807) is 22.6 Å². The van der Waals surface area contributed by atoms with Gasteiger partial charge < -0.3 is 0 Å². The van der Waals surface area contributed by atoms with Crippen LogP contribution in [0, 0.1) is 41.6 Å². The molecule has 2 aromatic rings. The highest BCUT2D eigenvalue weighted by molar-refractivity contribution is 14.1. The number of halogens is 3. The zero-order valence-corrected chi connectivity index (χ0v) is 16.9. The predicted octanol–water partition coefficient (Wildman–Crippen LogP) is 3.41. The van der Waals surface area contributed by atoms with Crippen molar-refractivity contribution in [1.82, 2.24) is 9.55 Å². The Bertz CT molecular complexity index is 831. The Morgan fingerprint density at radius 3 is 1.70 bits per heavy atom. The fourth-order valence-corrected chi connectivity index (χ4v) is 4.45. The summed E-state index contributed by atoms with van der Waals surface area (Å²) < 4.78 is 2.40. The molecule has 0 saturated carbocycles. The van der Waals surface area contributed by atoms with Crippen molar-refractivity contribution in [2.45, 2.75) is 0 Å². The second kappa shape index (κ2) is 6.75. The molecule has 0 saturated heterocycles. The van der Waals surface area contributed by atoms with E-state index in [4.69, 9.17) is 0 Å². The van der Waals surface area contributed by atoms with Gasteiger partial charge in [0, 0.05) is 22.6 Å². The SMILES string of the molecule is O=[N+]([O-])c1cc([N+](=O)[O-])c(-n2c(I)nc(I)c2I)c([N+](=O)[O-])c1. The van der Waals surface area contributed by atoms with Crippen LogP contribution < -0.4 is 0 Å². The van der Waals surface area contributed by atoms with E-state index in [2.05, 4.69) is 4.98 Å². The molecule has 2 rings (SSSR count). The molecule has 23 heavy (non-hydrogen) atoms. The third kappa shape index (κ3) is 3.36. The summed E-state index contributed by atoms with van der Waals surface area (Å²) in [5.74, 6) is 0. The van der Waals surface area contributed by atoms with Crippen molar-refractivity contribution < 1.29 is 14.8 Å². The van der Waals surface area contributed by atoms with Gasteiger partial charge in [0.2, 0.25) is 5.69 Å². The van der Waals surface area contributed by atoms with Crippen LogP contribution in [0.1, 0.15) is 0 Å². The van der Waals surface area contributed by atoms with Crippen LogP contribution in [0.25, 0.3) is 5.69 Å². The van der Waals surface area contributed by atoms with Crippen LogP contribution in [0.5, 0.6) is 0 Å². The van der Waals surface area contributed by atoms with Gasteiger partial charge in [0.15, 0.2) is 3.83 Å². The lowest BCUT2D eigenvalue weighted by Crippen LogP contribution is -2.08. The highest BCUT2D eigenvalue weighted by Crippen LogP contribution is 2.39. The number of rotatable bonds is 4. The van der Waals surface area contributed by atoms with Crippen LogP contribution >= 0.6 is 67.8 Å². The lowest BCUT2D eigenvalue weighted by Gasteiger charge is -2.08. The van der Waals surface area contributed by atoms with E-state index in [9.17, 15) is 30.3 Å². The summed E-state index contributed by atoms with van der Waals surface area (Å²) in [6.45, 7) is 0. The molecule has 0 amide bonds. The first kappa shape index (κ1) is 18.2. The van der Waals surface area contributed by atoms with Gasteiger partial charge in [-0.1, -0.05) is 0 Å². The molecular weight excluding hydrogens is 655 g/mol. The number of imidazole rings is 1. The van der Waals surface area contributed by atoms with Crippen molar-refractivity contribution in [2.75, 3.05) is 0 Å². The Labute approximate surface area is 167 Å². The van der Waals surface area contributed by atoms with Crippen molar-refractivity contribution >= 4 is 84.8 Å². The molecule has 0 aliphatic heterocycles. The molecule has 0 atom stereocenters. The first-order chi connectivity index (χ1) is 10.6. The molecule has 0 N–H and O–H groups in total. The van der Waals surface area contributed by atoms with Gasteiger partial charge in [0.05, 0.1) is 26.9 Å². The quantitative estimate of drug-likeness (QED) is 0.278. The van der Waals surface area contributed by atoms with E-state index < -0.39 is 31.8 Å². The normalized spacial score (nSPS) is 10.6. The van der Waals surface area contributed by atoms with Crippen molar-refractivity contribution in [2.24, 2.45) is 0 Å². The summed E-state index contributed by atoms with van der Waals surface area (Å²) in [6.07, 6.45) is 0. The summed E-state index contributed by atoms with van der Waals surface area (Å²) in [4.78, 5) is 34.8. The minimum absolute atomic E-state index is 0.261. The molecule has 0 aliphatic carbocycles. The van der Waals surface area contributed by atoms with Crippen molar-refractivity contribution in [3.8, 4) is 5.69 Å². The Balaban J connectivity index is 2.98. The molecule has 120 valence electrons. The second-order valence-corrected chi connectivity index (χ2v) is 6.91. The second-order valence-electron chi connectivity index (χ2n) is 3.90. The van der Waals surface area contributed by atoms with Gasteiger partial charge in [0.25, 0.3) is 5.69 Å². The topological polar surface area (TPSA) is 147 Å². The van der Waals surface area contributed by atoms with E-state index in [0.717, 1.165) is 0 Å². The van der Waals surface area contributed by atoms with E-state index in [1.807, 2.05) is 45.2 Å². The minimum atomic E-state index is -0.919. The number of benzene rings is 1. The third-order valence-electron chi connectivity index (χ3n) is 2.62. The van der Waals surface area contributed by atoms with Crippen LogP contribution in [0.3, 0.4) is 0 Å². The van der Waals surface area contributed by atoms with Gasteiger partial charge in [-0.3, -0.25) is 34.9 Å². The summed E-state index contributed by atoms with van der Waals surface area (Å²) in [6, 6.07) is 1.39. The molecule has 0 aliphatic rings. The van der Waals surface area contributed by atoms with Crippen molar-refractivity contribution in [3.05, 3.63) is 53.7 Å². The number of non-ortho nitro benzene ring substituents is 1. The zero-order valence-electron chi connectivity index (χ0n) is 10.5. The molecule has 1 aromatic carbocycles. The summed E-state index contributed by atoms with van der Waals surface area (Å²) in [5.41, 5.74) is -2.58. The zero-order chi connectivity index (χ0) is 17.5. The maximum Gasteiger partial charge on any atom is 0.307 e. The number of nitro benzene ring substituents is 3. The van der Waals surface area contributed by atoms with Gasteiger partial charge in [-0.05, 0) is 45.2 Å². The first-order valence-electron chi connectivity index (χ1n) is 5.36. The predicted molar refractivity (Wildman–Crippen MR) is 102 cm³/mol. The molecule has 0 unspecified atom stereocenters. The Kier molecular flexibility index (Phi) is 5.33. The van der Waals surface area contributed by atoms with Crippen LogP contribution in [-0.2, 0) is 0 Å². The van der Waals surface area contributed by atoms with Crippen molar-refractivity contribution in [1.29, 1.82) is 0 Å². The number of hydrogen-bond donors (Lipinski definition) is 0. The summed E-state index contributed by atoms with van der Waals surface area (Å²) in [5, 5.41) is 33.5. The fourth-order valence-electron chi connectivity index (χ4n) is 1.74. The highest BCUT2D eigenvalue weighted by atomic mass is 127. The molecule has 11 nitrogen and oxygen atoms in total. The number of nitrogens with zero attached hydrogens (tertiary/aromatic N) is 5. The standard InChI is InChI=1S/C9H2I3N5O6/c10-7-8(11)14(9(12)13-7)6-4(16(20)21)1-3(15(18)19)2-5(6)17(22)23/h1-2H. The molecule has 14 heteroatoms. The molecule has 1 heterocycles. The molecular formula is C9H2I3N5O6. The minimum Gasteiger partial charge on any atom is -0.270 e. The molecule has 0 spiro atoms. The van der Waals surface area contributed by atoms with Crippen LogP contribution in [0.15, 0.2) is 12.1 Å². The third-order valence-corrected chi connectivity index (χ3v) is 6.12. The maximum absolute atomic E-state index is 11.3. The van der Waals surface area contributed by atoms with Gasteiger partial charge in [-0.25, -0.2) is 4.98 Å². The van der Waals surface area contributed by atoms with E-state index in [0.29, 0.717) is 19.5 Å². The lowest BCUT2D eigenvalue weighted by atomic mass is 10.2. The largest absolute Gasteiger partial charge is 0.307 e. The van der Waals surface area contributed by atoms with E-state index >= 15 is 0 Å². The van der Waals surface area contributed by atoms with Crippen LogP contribution in [-0.4, -0.2) is 24.3 Å². The van der Waals surface area contributed by atoms with Gasteiger partial charge >= 0.3 is 11.4 Å². The number of nitro groups is 3. The van der Waals surface area contributed by atoms with E-state index in [-0.39, 0.29) is 9.52 Å². The van der Waals surface area contributed by atoms with Crippen LogP contribution in [0.2, 0.25) is 0 Å². The molecule has 0 bridgehead atoms. The summed E-state index contributed by atoms with van der Waals surface area (Å²) in [7, 11) is 0. The fraction of sp³-hybridized carbons (Fsp3) is 0.